The highest BCUT2D eigenvalue weighted by Gasteiger charge is 2.08. The summed E-state index contributed by atoms with van der Waals surface area (Å²) < 4.78 is 20.0. The van der Waals surface area contributed by atoms with Crippen molar-refractivity contribution in [2.75, 3.05) is 0 Å². The molecule has 0 saturated carbocycles. The number of ketones is 1. The van der Waals surface area contributed by atoms with Gasteiger partial charge in [0.15, 0.2) is 17.3 Å². The highest BCUT2D eigenvalue weighted by Crippen LogP contribution is 2.23. The Balaban J connectivity index is 2.08. The fourth-order valence-corrected chi connectivity index (χ4v) is 2.78. The average Bonchev–Trinajstić information content (AvgIpc) is 2.73. The predicted molar refractivity (Wildman–Crippen MR) is 72.8 cm³/mol. The van der Waals surface area contributed by atoms with Crippen LogP contribution in [0.25, 0.3) is 0 Å². The van der Waals surface area contributed by atoms with Crippen molar-refractivity contribution in [1.29, 1.82) is 0 Å². The van der Waals surface area contributed by atoms with Crippen LogP contribution < -0.4 is 4.74 Å². The van der Waals surface area contributed by atoms with E-state index in [0.29, 0.717) is 12.2 Å². The largest absolute Gasteiger partial charge is 0.485 e. The number of benzene rings is 1. The molecular weight excluding hydrogens is 319 g/mol. The molecule has 2 aromatic rings. The van der Waals surface area contributed by atoms with Crippen molar-refractivity contribution in [3.63, 3.8) is 0 Å². The molecule has 0 aliphatic carbocycles. The second-order valence-corrected chi connectivity index (χ2v) is 5.63. The minimum absolute atomic E-state index is 0.157. The van der Waals surface area contributed by atoms with Crippen LogP contribution in [-0.2, 0) is 6.61 Å². The molecule has 0 atom stereocenters. The number of thiophene rings is 1. The Morgan fingerprint density at radius 2 is 2.22 bits per heavy atom. The second kappa shape index (κ2) is 5.63. The van der Waals surface area contributed by atoms with Gasteiger partial charge in [-0.15, -0.1) is 11.3 Å². The Hall–Kier alpha value is -1.20. The van der Waals surface area contributed by atoms with Crippen molar-refractivity contribution in [2.24, 2.45) is 0 Å². The first kappa shape index (κ1) is 13.2. The molecule has 0 bridgehead atoms. The number of rotatable bonds is 4. The first-order valence-electron chi connectivity index (χ1n) is 5.22. The van der Waals surface area contributed by atoms with Crippen molar-refractivity contribution in [1.82, 2.24) is 0 Å². The van der Waals surface area contributed by atoms with Crippen LogP contribution in [0.4, 0.5) is 4.39 Å². The van der Waals surface area contributed by atoms with E-state index in [0.717, 1.165) is 9.35 Å². The summed E-state index contributed by atoms with van der Waals surface area (Å²) in [6.07, 6.45) is 0. The third-order valence-electron chi connectivity index (χ3n) is 2.33. The number of carbonyl (C=O) groups is 1. The van der Waals surface area contributed by atoms with E-state index in [2.05, 4.69) is 15.9 Å². The summed E-state index contributed by atoms with van der Waals surface area (Å²) in [4.78, 5) is 12.1. The monoisotopic (exact) mass is 328 g/mol. The summed E-state index contributed by atoms with van der Waals surface area (Å²) in [7, 11) is 0. The topological polar surface area (TPSA) is 26.3 Å². The maximum Gasteiger partial charge on any atom is 0.165 e. The van der Waals surface area contributed by atoms with Gasteiger partial charge in [-0.3, -0.25) is 4.79 Å². The minimum Gasteiger partial charge on any atom is -0.485 e. The summed E-state index contributed by atoms with van der Waals surface area (Å²) in [6.45, 7) is 1.71. The summed E-state index contributed by atoms with van der Waals surface area (Å²) in [5.74, 6) is -0.523. The van der Waals surface area contributed by atoms with Gasteiger partial charge in [-0.2, -0.15) is 0 Å². The third-order valence-corrected chi connectivity index (χ3v) is 4.00. The molecule has 1 aromatic carbocycles. The Bertz CT molecular complexity index is 580. The minimum atomic E-state index is -0.515. The van der Waals surface area contributed by atoms with Gasteiger partial charge in [0.1, 0.15) is 6.61 Å². The number of hydrogen-bond acceptors (Lipinski definition) is 3. The molecule has 1 heterocycles. The van der Waals surface area contributed by atoms with Gasteiger partial charge < -0.3 is 4.74 Å². The molecule has 0 unspecified atom stereocenters. The zero-order chi connectivity index (χ0) is 13.1. The van der Waals surface area contributed by atoms with Gasteiger partial charge in [-0.25, -0.2) is 4.39 Å². The standard InChI is InChI=1S/C13H10BrFO2S/c1-8(16)9-2-3-13(12(15)4-9)17-6-11-5-10(14)7-18-11/h2-5,7H,6H2,1H3. The molecule has 0 aliphatic heterocycles. The lowest BCUT2D eigenvalue weighted by molar-refractivity contribution is 0.101. The lowest BCUT2D eigenvalue weighted by atomic mass is 10.1. The summed E-state index contributed by atoms with van der Waals surface area (Å²) in [6, 6.07) is 6.16. The normalized spacial score (nSPS) is 10.4. The van der Waals surface area contributed by atoms with Crippen LogP contribution in [0.5, 0.6) is 5.75 Å². The van der Waals surface area contributed by atoms with Crippen LogP contribution in [-0.4, -0.2) is 5.78 Å². The number of halogens is 2. The number of hydrogen-bond donors (Lipinski definition) is 0. The SMILES string of the molecule is CC(=O)c1ccc(OCc2cc(Br)cs2)c(F)c1. The molecule has 0 amide bonds. The molecule has 2 nitrogen and oxygen atoms in total. The maximum absolute atomic E-state index is 13.6. The molecule has 1 aromatic heterocycles. The second-order valence-electron chi connectivity index (χ2n) is 3.72. The Morgan fingerprint density at radius 3 is 2.78 bits per heavy atom. The first-order chi connectivity index (χ1) is 8.56. The molecule has 5 heteroatoms. The third kappa shape index (κ3) is 3.17. The van der Waals surface area contributed by atoms with E-state index in [1.54, 1.807) is 6.07 Å². The van der Waals surface area contributed by atoms with Gasteiger partial charge in [-0.1, -0.05) is 0 Å². The van der Waals surface area contributed by atoms with Crippen molar-refractivity contribution in [2.45, 2.75) is 13.5 Å². The molecular formula is C13H10BrFO2S. The zero-order valence-electron chi connectivity index (χ0n) is 9.57. The van der Waals surface area contributed by atoms with Gasteiger partial charge in [0.05, 0.1) is 0 Å². The molecule has 0 radical (unpaired) electrons. The predicted octanol–water partition coefficient (Wildman–Crippen LogP) is 4.43. The first-order valence-corrected chi connectivity index (χ1v) is 6.89. The van der Waals surface area contributed by atoms with Crippen molar-refractivity contribution >= 4 is 33.0 Å². The van der Waals surface area contributed by atoms with Gasteiger partial charge in [0, 0.05) is 20.3 Å². The van der Waals surface area contributed by atoms with Gasteiger partial charge >= 0.3 is 0 Å². The molecule has 0 N–H and O–H groups in total. The van der Waals surface area contributed by atoms with Gasteiger partial charge in [0.25, 0.3) is 0 Å². The van der Waals surface area contributed by atoms with E-state index in [1.807, 2.05) is 11.4 Å². The fourth-order valence-electron chi connectivity index (χ4n) is 1.42. The molecule has 0 spiro atoms. The Labute approximate surface area is 117 Å². The molecule has 0 fully saturated rings. The molecule has 2 rings (SSSR count). The van der Waals surface area contributed by atoms with Crippen molar-refractivity contribution < 1.29 is 13.9 Å². The average molecular weight is 329 g/mol. The van der Waals surface area contributed by atoms with E-state index >= 15 is 0 Å². The Kier molecular flexibility index (Phi) is 4.14. The smallest absolute Gasteiger partial charge is 0.165 e. The van der Waals surface area contributed by atoms with Crippen LogP contribution in [0, 0.1) is 5.82 Å². The fraction of sp³-hybridized carbons (Fsp3) is 0.154. The quantitative estimate of drug-likeness (QED) is 0.776. The number of Topliss-reactive ketones (excluding diaryl/α,β-unsaturated/α-hetero) is 1. The van der Waals surface area contributed by atoms with Gasteiger partial charge in [0.2, 0.25) is 0 Å². The molecule has 0 saturated heterocycles. The number of ether oxygens (including phenoxy) is 1. The van der Waals surface area contributed by atoms with Crippen LogP contribution in [0.3, 0.4) is 0 Å². The van der Waals surface area contributed by atoms with E-state index in [-0.39, 0.29) is 11.5 Å². The van der Waals surface area contributed by atoms with E-state index in [1.165, 1.54) is 30.4 Å². The lowest BCUT2D eigenvalue weighted by Gasteiger charge is -2.06. The van der Waals surface area contributed by atoms with Crippen LogP contribution in [0.1, 0.15) is 22.2 Å². The van der Waals surface area contributed by atoms with E-state index < -0.39 is 5.82 Å². The summed E-state index contributed by atoms with van der Waals surface area (Å²) >= 11 is 4.88. The van der Waals surface area contributed by atoms with Gasteiger partial charge in [-0.05, 0) is 47.1 Å². The van der Waals surface area contributed by atoms with E-state index in [4.69, 9.17) is 4.74 Å². The number of carbonyl (C=O) groups excluding carboxylic acids is 1. The molecule has 18 heavy (non-hydrogen) atoms. The van der Waals surface area contributed by atoms with Crippen LogP contribution in [0.2, 0.25) is 0 Å². The highest BCUT2D eigenvalue weighted by molar-refractivity contribution is 9.10. The summed E-state index contributed by atoms with van der Waals surface area (Å²) in [5, 5.41) is 1.94. The maximum atomic E-state index is 13.6. The Morgan fingerprint density at radius 1 is 1.44 bits per heavy atom. The lowest BCUT2D eigenvalue weighted by Crippen LogP contribution is -1.98. The zero-order valence-corrected chi connectivity index (χ0v) is 12.0. The van der Waals surface area contributed by atoms with Crippen molar-refractivity contribution in [3.05, 3.63) is 50.4 Å². The van der Waals surface area contributed by atoms with Crippen LogP contribution >= 0.6 is 27.3 Å². The van der Waals surface area contributed by atoms with Crippen molar-refractivity contribution in [3.8, 4) is 5.75 Å². The summed E-state index contributed by atoms with van der Waals surface area (Å²) in [5.41, 5.74) is 0.346. The van der Waals surface area contributed by atoms with E-state index in [9.17, 15) is 9.18 Å². The molecule has 0 aliphatic rings. The molecule has 94 valence electrons. The highest BCUT2D eigenvalue weighted by atomic mass is 79.9. The van der Waals surface area contributed by atoms with Crippen LogP contribution in [0.15, 0.2) is 34.1 Å².